The highest BCUT2D eigenvalue weighted by Crippen LogP contribution is 2.32. The number of hydrogen-bond acceptors (Lipinski definition) is 4. The molecule has 0 radical (unpaired) electrons. The number of hydrogen-bond donors (Lipinski definition) is 1. The molecule has 2 atom stereocenters. The van der Waals surface area contributed by atoms with Crippen LogP contribution in [0.1, 0.15) is 11.5 Å². The Labute approximate surface area is 123 Å². The third kappa shape index (κ3) is 4.25. The van der Waals surface area contributed by atoms with Gasteiger partial charge in [-0.05, 0) is 17.7 Å². The van der Waals surface area contributed by atoms with E-state index in [1.54, 1.807) is 12.1 Å². The molecule has 1 aromatic carbocycles. The van der Waals surface area contributed by atoms with Crippen molar-refractivity contribution in [1.82, 2.24) is 4.90 Å². The highest BCUT2D eigenvalue weighted by atomic mass is 32.2. The first-order valence-electron chi connectivity index (χ1n) is 6.64. The fourth-order valence-electron chi connectivity index (χ4n) is 2.66. The number of sulfone groups is 1. The van der Waals surface area contributed by atoms with Gasteiger partial charge in [0.1, 0.15) is 15.7 Å². The smallest absolute Gasteiger partial charge is 0.308 e. The number of rotatable bonds is 5. The third-order valence-electron chi connectivity index (χ3n) is 3.79. The third-order valence-corrected chi connectivity index (χ3v) is 4.71. The molecule has 116 valence electrons. The van der Waals surface area contributed by atoms with Gasteiger partial charge in [-0.1, -0.05) is 12.1 Å². The van der Waals surface area contributed by atoms with Crippen molar-refractivity contribution in [2.75, 3.05) is 31.6 Å². The van der Waals surface area contributed by atoms with E-state index in [0.717, 1.165) is 11.8 Å². The fourth-order valence-corrected chi connectivity index (χ4v) is 3.25. The van der Waals surface area contributed by atoms with Crippen LogP contribution in [0.15, 0.2) is 24.3 Å². The Kier molecular flexibility index (Phi) is 4.63. The Hall–Kier alpha value is -1.47. The molecule has 0 aliphatic carbocycles. The maximum Gasteiger partial charge on any atom is 0.308 e. The summed E-state index contributed by atoms with van der Waals surface area (Å²) in [6.07, 6.45) is 1.16. The molecule has 1 saturated heterocycles. The van der Waals surface area contributed by atoms with Crippen LogP contribution in [0.2, 0.25) is 0 Å². The van der Waals surface area contributed by atoms with Crippen LogP contribution < -0.4 is 0 Å². The van der Waals surface area contributed by atoms with Crippen LogP contribution in [-0.4, -0.2) is 56.0 Å². The van der Waals surface area contributed by atoms with Gasteiger partial charge in [0.15, 0.2) is 0 Å². The maximum absolute atomic E-state index is 13.0. The minimum atomic E-state index is -3.08. The molecule has 1 heterocycles. The van der Waals surface area contributed by atoms with Crippen LogP contribution in [0.4, 0.5) is 4.39 Å². The van der Waals surface area contributed by atoms with Crippen molar-refractivity contribution in [3.63, 3.8) is 0 Å². The minimum absolute atomic E-state index is 0.00940. The highest BCUT2D eigenvalue weighted by molar-refractivity contribution is 7.90. The van der Waals surface area contributed by atoms with Crippen molar-refractivity contribution < 1.29 is 22.7 Å². The topological polar surface area (TPSA) is 74.7 Å². The molecule has 0 unspecified atom stereocenters. The van der Waals surface area contributed by atoms with Crippen molar-refractivity contribution in [3.05, 3.63) is 35.6 Å². The van der Waals surface area contributed by atoms with Gasteiger partial charge in [-0.15, -0.1) is 0 Å². The Morgan fingerprint density at radius 1 is 1.33 bits per heavy atom. The van der Waals surface area contributed by atoms with E-state index in [4.69, 9.17) is 0 Å². The molecule has 0 bridgehead atoms. The summed E-state index contributed by atoms with van der Waals surface area (Å²) in [5, 5.41) is 9.33. The molecule has 0 saturated carbocycles. The lowest BCUT2D eigenvalue weighted by Crippen LogP contribution is -2.28. The molecule has 7 heteroatoms. The van der Waals surface area contributed by atoms with Gasteiger partial charge < -0.3 is 10.0 Å². The molecular formula is C14H18FNO4S. The normalized spacial score (nSPS) is 23.3. The van der Waals surface area contributed by atoms with E-state index in [2.05, 4.69) is 0 Å². The first kappa shape index (κ1) is 15.9. The lowest BCUT2D eigenvalue weighted by molar-refractivity contribution is -0.141. The number of carbonyl (C=O) groups is 1. The number of halogens is 1. The lowest BCUT2D eigenvalue weighted by atomic mass is 9.89. The van der Waals surface area contributed by atoms with Gasteiger partial charge in [0.25, 0.3) is 0 Å². The Bertz CT molecular complexity index is 614. The van der Waals surface area contributed by atoms with Gasteiger partial charge in [0, 0.05) is 31.8 Å². The zero-order chi connectivity index (χ0) is 15.6. The van der Waals surface area contributed by atoms with E-state index in [1.807, 2.05) is 4.90 Å². The summed E-state index contributed by atoms with van der Waals surface area (Å²) in [6, 6.07) is 5.81. The first-order chi connectivity index (χ1) is 9.76. The van der Waals surface area contributed by atoms with Crippen LogP contribution in [0.25, 0.3) is 0 Å². The van der Waals surface area contributed by atoms with Crippen LogP contribution in [0, 0.1) is 11.7 Å². The SMILES string of the molecule is CS(=O)(=O)CCN1C[C@H](C(=O)O)[C@@H](c2ccc(F)cc2)C1. The molecule has 5 nitrogen and oxygen atoms in total. The quantitative estimate of drug-likeness (QED) is 0.876. The molecule has 1 aromatic rings. The molecule has 2 rings (SSSR count). The second-order valence-electron chi connectivity index (χ2n) is 5.49. The number of benzene rings is 1. The molecule has 1 aliphatic rings. The van der Waals surface area contributed by atoms with Gasteiger partial charge in [-0.2, -0.15) is 0 Å². The van der Waals surface area contributed by atoms with Crippen LogP contribution in [0.3, 0.4) is 0 Å². The summed E-state index contributed by atoms with van der Waals surface area (Å²) in [4.78, 5) is 13.2. The number of nitrogens with zero attached hydrogens (tertiary/aromatic N) is 1. The molecular weight excluding hydrogens is 297 g/mol. The van der Waals surface area contributed by atoms with E-state index in [0.29, 0.717) is 19.6 Å². The average molecular weight is 315 g/mol. The molecule has 0 spiro atoms. The van der Waals surface area contributed by atoms with Gasteiger partial charge >= 0.3 is 5.97 Å². The highest BCUT2D eigenvalue weighted by Gasteiger charge is 2.38. The van der Waals surface area contributed by atoms with E-state index < -0.39 is 21.7 Å². The number of carboxylic acid groups (broad SMARTS) is 1. The Balaban J connectivity index is 2.12. The predicted octanol–water partition coefficient (Wildman–Crippen LogP) is 0.970. The maximum atomic E-state index is 13.0. The van der Waals surface area contributed by atoms with E-state index in [1.165, 1.54) is 12.1 Å². The zero-order valence-corrected chi connectivity index (χ0v) is 12.5. The summed E-state index contributed by atoms with van der Waals surface area (Å²) in [6.45, 7) is 1.10. The summed E-state index contributed by atoms with van der Waals surface area (Å²) in [7, 11) is -3.08. The molecule has 21 heavy (non-hydrogen) atoms. The van der Waals surface area contributed by atoms with E-state index in [9.17, 15) is 22.7 Å². The fraction of sp³-hybridized carbons (Fsp3) is 0.500. The van der Waals surface area contributed by atoms with E-state index >= 15 is 0 Å². The summed E-state index contributed by atoms with van der Waals surface area (Å²) in [5.74, 6) is -2.11. The molecule has 1 fully saturated rings. The lowest BCUT2D eigenvalue weighted by Gasteiger charge is -2.15. The van der Waals surface area contributed by atoms with Crippen molar-refractivity contribution in [2.24, 2.45) is 5.92 Å². The molecule has 1 aliphatic heterocycles. The number of likely N-dealkylation sites (tertiary alicyclic amines) is 1. The second kappa shape index (κ2) is 6.11. The van der Waals surface area contributed by atoms with E-state index in [-0.39, 0.29) is 17.5 Å². The van der Waals surface area contributed by atoms with Crippen molar-refractivity contribution in [1.29, 1.82) is 0 Å². The molecule has 0 amide bonds. The second-order valence-corrected chi connectivity index (χ2v) is 7.75. The van der Waals surface area contributed by atoms with Gasteiger partial charge in [-0.25, -0.2) is 12.8 Å². The summed E-state index contributed by atoms with van der Waals surface area (Å²) >= 11 is 0. The molecule has 0 aromatic heterocycles. The predicted molar refractivity (Wildman–Crippen MR) is 76.4 cm³/mol. The minimum Gasteiger partial charge on any atom is -0.481 e. The van der Waals surface area contributed by atoms with Crippen molar-refractivity contribution in [3.8, 4) is 0 Å². The van der Waals surface area contributed by atoms with Crippen LogP contribution in [0.5, 0.6) is 0 Å². The monoisotopic (exact) mass is 315 g/mol. The zero-order valence-electron chi connectivity index (χ0n) is 11.7. The summed E-state index contributed by atoms with van der Waals surface area (Å²) < 4.78 is 35.4. The van der Waals surface area contributed by atoms with Gasteiger partial charge in [-0.3, -0.25) is 4.79 Å². The average Bonchev–Trinajstić information content (AvgIpc) is 2.81. The van der Waals surface area contributed by atoms with Crippen molar-refractivity contribution >= 4 is 15.8 Å². The van der Waals surface area contributed by atoms with Gasteiger partial charge in [0.2, 0.25) is 0 Å². The van der Waals surface area contributed by atoms with Crippen molar-refractivity contribution in [2.45, 2.75) is 5.92 Å². The number of carboxylic acids is 1. The van der Waals surface area contributed by atoms with Crippen LogP contribution in [-0.2, 0) is 14.6 Å². The number of aliphatic carboxylic acids is 1. The Morgan fingerprint density at radius 3 is 2.48 bits per heavy atom. The standard InChI is InChI=1S/C14H18FNO4S/c1-21(19,20)7-6-16-8-12(13(9-16)14(17)18)10-2-4-11(15)5-3-10/h2-5,12-13H,6-9H2,1H3,(H,17,18)/t12-,13+/m1/s1. The Morgan fingerprint density at radius 2 is 1.95 bits per heavy atom. The summed E-state index contributed by atoms with van der Waals surface area (Å²) in [5.41, 5.74) is 0.769. The van der Waals surface area contributed by atoms with Gasteiger partial charge in [0.05, 0.1) is 11.7 Å². The molecule has 1 N–H and O–H groups in total. The largest absolute Gasteiger partial charge is 0.481 e. The first-order valence-corrected chi connectivity index (χ1v) is 8.70. The van der Waals surface area contributed by atoms with Crippen LogP contribution >= 0.6 is 0 Å².